The zero-order valence-corrected chi connectivity index (χ0v) is 16.7. The molecule has 3 aromatic rings. The third kappa shape index (κ3) is 4.06. The van der Waals surface area contributed by atoms with Gasteiger partial charge < -0.3 is 15.6 Å². The Labute approximate surface area is 170 Å². The van der Waals surface area contributed by atoms with E-state index >= 15 is 0 Å². The fraction of sp³-hybridized carbons (Fsp3) is 0.391. The number of hydrogen-bond acceptors (Lipinski definition) is 4. The molecule has 2 aromatic carbocycles. The van der Waals surface area contributed by atoms with Gasteiger partial charge in [0, 0.05) is 23.9 Å². The molecule has 1 aliphatic rings. The predicted molar refractivity (Wildman–Crippen MR) is 114 cm³/mol. The molecule has 1 aromatic heterocycles. The molecular formula is C23H27N3O3. The normalized spacial score (nSPS) is 14.5. The number of ether oxygens (including phenoxy) is 1. The number of nitrogens with zero attached hydrogens (tertiary/aromatic N) is 2. The Kier molecular flexibility index (Phi) is 5.43. The summed E-state index contributed by atoms with van der Waals surface area (Å²) >= 11 is 0. The van der Waals surface area contributed by atoms with Crippen molar-refractivity contribution >= 4 is 22.6 Å². The van der Waals surface area contributed by atoms with E-state index in [-0.39, 0.29) is 12.5 Å². The first-order valence-corrected chi connectivity index (χ1v) is 10.3. The van der Waals surface area contributed by atoms with Gasteiger partial charge in [0.25, 0.3) is 0 Å². The maximum Gasteiger partial charge on any atom is 0.303 e. The second kappa shape index (κ2) is 8.15. The lowest BCUT2D eigenvalue weighted by Crippen LogP contribution is -2.13. The van der Waals surface area contributed by atoms with Gasteiger partial charge in [0.15, 0.2) is 0 Å². The third-order valence-electron chi connectivity index (χ3n) is 5.64. The molecule has 0 unspecified atom stereocenters. The zero-order valence-electron chi connectivity index (χ0n) is 16.7. The highest BCUT2D eigenvalue weighted by Gasteiger charge is 2.21. The van der Waals surface area contributed by atoms with Gasteiger partial charge in [-0.2, -0.15) is 5.10 Å². The standard InChI is InChI=1S/C23H27N3O3/c1-2-26-21-9-8-16(13-17(21)14-25-26)19-11-15(7-10-22(27)28)12-20(24)23(19)29-18-5-3-4-6-18/h8-9,11-14,18H,2-7,10,24H2,1H3,(H,27,28). The summed E-state index contributed by atoms with van der Waals surface area (Å²) in [4.78, 5) is 11.0. The number of carboxylic acids is 1. The first-order valence-electron chi connectivity index (χ1n) is 10.3. The van der Waals surface area contributed by atoms with Gasteiger partial charge in [-0.3, -0.25) is 9.48 Å². The number of fused-ring (bicyclic) bond motifs is 1. The van der Waals surface area contributed by atoms with Crippen molar-refractivity contribution in [2.45, 2.75) is 58.1 Å². The van der Waals surface area contributed by atoms with Crippen molar-refractivity contribution in [1.82, 2.24) is 9.78 Å². The van der Waals surface area contributed by atoms with Gasteiger partial charge in [-0.1, -0.05) is 6.07 Å². The van der Waals surface area contributed by atoms with E-state index in [0.29, 0.717) is 17.9 Å². The van der Waals surface area contributed by atoms with Gasteiger partial charge in [-0.15, -0.1) is 0 Å². The van der Waals surface area contributed by atoms with Gasteiger partial charge in [0.1, 0.15) is 5.75 Å². The van der Waals surface area contributed by atoms with Crippen LogP contribution in [0.15, 0.2) is 36.5 Å². The molecule has 6 heteroatoms. The van der Waals surface area contributed by atoms with E-state index in [0.717, 1.165) is 47.0 Å². The lowest BCUT2D eigenvalue weighted by Gasteiger charge is -2.20. The smallest absolute Gasteiger partial charge is 0.303 e. The molecule has 1 saturated carbocycles. The molecule has 0 atom stereocenters. The van der Waals surface area contributed by atoms with Crippen LogP contribution in [0.3, 0.4) is 0 Å². The average Bonchev–Trinajstić information content (AvgIpc) is 3.36. The summed E-state index contributed by atoms with van der Waals surface area (Å²) < 4.78 is 8.31. The van der Waals surface area contributed by atoms with Crippen LogP contribution in [0.1, 0.15) is 44.6 Å². The summed E-state index contributed by atoms with van der Waals surface area (Å²) in [5.74, 6) is -0.108. The number of nitrogens with two attached hydrogens (primary N) is 1. The van der Waals surface area contributed by atoms with Gasteiger partial charge in [0.05, 0.1) is 23.5 Å². The molecule has 0 saturated heterocycles. The topological polar surface area (TPSA) is 90.4 Å². The number of aromatic nitrogens is 2. The van der Waals surface area contributed by atoms with Crippen LogP contribution in [0.5, 0.6) is 5.75 Å². The molecule has 29 heavy (non-hydrogen) atoms. The summed E-state index contributed by atoms with van der Waals surface area (Å²) in [6.07, 6.45) is 7.02. The molecule has 4 rings (SSSR count). The first kappa shape index (κ1) is 19.3. The van der Waals surface area contributed by atoms with Crippen molar-refractivity contribution in [3.8, 4) is 16.9 Å². The highest BCUT2D eigenvalue weighted by Crippen LogP contribution is 2.40. The van der Waals surface area contributed by atoms with Crippen molar-refractivity contribution < 1.29 is 14.6 Å². The molecule has 3 N–H and O–H groups in total. The van der Waals surface area contributed by atoms with Crippen LogP contribution in [-0.4, -0.2) is 27.0 Å². The summed E-state index contributed by atoms with van der Waals surface area (Å²) in [5.41, 5.74) is 10.9. The largest absolute Gasteiger partial charge is 0.488 e. The van der Waals surface area contributed by atoms with Crippen LogP contribution in [0.2, 0.25) is 0 Å². The minimum Gasteiger partial charge on any atom is -0.488 e. The molecule has 1 fully saturated rings. The van der Waals surface area contributed by atoms with E-state index in [2.05, 4.69) is 30.2 Å². The lowest BCUT2D eigenvalue weighted by molar-refractivity contribution is -0.136. The molecule has 0 amide bonds. The minimum absolute atomic E-state index is 0.0734. The van der Waals surface area contributed by atoms with E-state index in [9.17, 15) is 4.79 Å². The number of carboxylic acid groups (broad SMARTS) is 1. The second-order valence-electron chi connectivity index (χ2n) is 7.71. The van der Waals surface area contributed by atoms with Crippen molar-refractivity contribution in [3.63, 3.8) is 0 Å². The number of rotatable bonds is 7. The summed E-state index contributed by atoms with van der Waals surface area (Å²) in [7, 11) is 0. The molecule has 0 bridgehead atoms. The van der Waals surface area contributed by atoms with Gasteiger partial charge in [0.2, 0.25) is 0 Å². The fourth-order valence-corrected chi connectivity index (χ4v) is 4.13. The maximum atomic E-state index is 11.0. The quantitative estimate of drug-likeness (QED) is 0.571. The highest BCUT2D eigenvalue weighted by molar-refractivity contribution is 5.87. The van der Waals surface area contributed by atoms with E-state index in [1.54, 1.807) is 0 Å². The minimum atomic E-state index is -0.815. The van der Waals surface area contributed by atoms with Crippen molar-refractivity contribution in [3.05, 3.63) is 42.1 Å². The molecule has 0 spiro atoms. The Bertz CT molecular complexity index is 1040. The Balaban J connectivity index is 1.77. The third-order valence-corrected chi connectivity index (χ3v) is 5.64. The maximum absolute atomic E-state index is 11.0. The Morgan fingerprint density at radius 3 is 2.79 bits per heavy atom. The average molecular weight is 393 g/mol. The van der Waals surface area contributed by atoms with Crippen LogP contribution in [0, 0.1) is 0 Å². The van der Waals surface area contributed by atoms with Crippen molar-refractivity contribution in [1.29, 1.82) is 0 Å². The van der Waals surface area contributed by atoms with Crippen LogP contribution in [0.25, 0.3) is 22.0 Å². The summed E-state index contributed by atoms with van der Waals surface area (Å²) in [6.45, 7) is 2.89. The lowest BCUT2D eigenvalue weighted by atomic mass is 9.97. The highest BCUT2D eigenvalue weighted by atomic mass is 16.5. The SMILES string of the molecule is CCn1ncc2cc(-c3cc(CCC(=O)O)cc(N)c3OC3CCCC3)ccc21. The molecule has 6 nitrogen and oxygen atoms in total. The van der Waals surface area contributed by atoms with E-state index < -0.39 is 5.97 Å². The summed E-state index contributed by atoms with van der Waals surface area (Å²) in [6, 6.07) is 10.1. The van der Waals surface area contributed by atoms with E-state index in [4.69, 9.17) is 15.6 Å². The number of benzene rings is 2. The van der Waals surface area contributed by atoms with Crippen LogP contribution in [0.4, 0.5) is 5.69 Å². The van der Waals surface area contributed by atoms with Crippen molar-refractivity contribution in [2.75, 3.05) is 5.73 Å². The van der Waals surface area contributed by atoms with Crippen molar-refractivity contribution in [2.24, 2.45) is 0 Å². The Morgan fingerprint density at radius 1 is 1.28 bits per heavy atom. The molecule has 1 heterocycles. The molecular weight excluding hydrogens is 366 g/mol. The Morgan fingerprint density at radius 2 is 2.07 bits per heavy atom. The number of anilines is 1. The first-order chi connectivity index (χ1) is 14.0. The molecule has 0 radical (unpaired) electrons. The van der Waals surface area contributed by atoms with Crippen LogP contribution < -0.4 is 10.5 Å². The summed E-state index contributed by atoms with van der Waals surface area (Å²) in [5, 5.41) is 14.5. The number of aliphatic carboxylic acids is 1. The molecule has 152 valence electrons. The zero-order chi connectivity index (χ0) is 20.4. The van der Waals surface area contributed by atoms with Crippen LogP contribution in [-0.2, 0) is 17.8 Å². The monoisotopic (exact) mass is 393 g/mol. The fourth-order valence-electron chi connectivity index (χ4n) is 4.13. The molecule has 1 aliphatic carbocycles. The number of nitrogen functional groups attached to an aromatic ring is 1. The van der Waals surface area contributed by atoms with E-state index in [1.165, 1.54) is 12.8 Å². The molecule has 0 aliphatic heterocycles. The number of carbonyl (C=O) groups is 1. The van der Waals surface area contributed by atoms with Gasteiger partial charge in [-0.25, -0.2) is 0 Å². The Hall–Kier alpha value is -3.02. The van der Waals surface area contributed by atoms with Crippen LogP contribution >= 0.6 is 0 Å². The number of hydrogen-bond donors (Lipinski definition) is 2. The second-order valence-corrected chi connectivity index (χ2v) is 7.71. The predicted octanol–water partition coefficient (Wildman–Crippen LogP) is 4.64. The van der Waals surface area contributed by atoms with Gasteiger partial charge in [-0.05, 0) is 74.4 Å². The number of aryl methyl sites for hydroxylation is 2. The van der Waals surface area contributed by atoms with E-state index in [1.807, 2.05) is 23.0 Å². The van der Waals surface area contributed by atoms with Gasteiger partial charge >= 0.3 is 5.97 Å².